The van der Waals surface area contributed by atoms with Crippen LogP contribution in [0.1, 0.15) is 81.5 Å². The van der Waals surface area contributed by atoms with Gasteiger partial charge in [-0.15, -0.1) is 6.58 Å². The summed E-state index contributed by atoms with van der Waals surface area (Å²) in [5.74, 6) is 0. The van der Waals surface area contributed by atoms with Gasteiger partial charge < -0.3 is 5.32 Å². The molecule has 1 saturated carbocycles. The van der Waals surface area contributed by atoms with Crippen LogP contribution in [0.5, 0.6) is 0 Å². The van der Waals surface area contributed by atoms with Crippen LogP contribution in [0.2, 0.25) is 0 Å². The SMILES string of the molecule is C=CCC.CC=NC1=C(C)C=C(CC(C)(C)C)CC=C1NC1CCC1.[HH]. The summed E-state index contributed by atoms with van der Waals surface area (Å²) < 4.78 is 0. The van der Waals surface area contributed by atoms with Gasteiger partial charge in [0.05, 0.1) is 11.4 Å². The fraction of sp³-hybridized carbons (Fsp3) is 0.609. The molecular formula is C23H40N2. The first-order valence-corrected chi connectivity index (χ1v) is 9.77. The second kappa shape index (κ2) is 10.4. The van der Waals surface area contributed by atoms with Crippen LogP contribution >= 0.6 is 0 Å². The van der Waals surface area contributed by atoms with Gasteiger partial charge in [0, 0.05) is 13.7 Å². The van der Waals surface area contributed by atoms with Gasteiger partial charge in [0.1, 0.15) is 0 Å². The summed E-state index contributed by atoms with van der Waals surface area (Å²) in [6, 6.07) is 0.648. The highest BCUT2D eigenvalue weighted by Gasteiger charge is 2.21. The highest BCUT2D eigenvalue weighted by Crippen LogP contribution is 2.32. The van der Waals surface area contributed by atoms with E-state index in [0.29, 0.717) is 11.5 Å². The molecule has 0 saturated heterocycles. The third-order valence-electron chi connectivity index (χ3n) is 4.39. The van der Waals surface area contributed by atoms with E-state index in [1.54, 1.807) is 0 Å². The molecule has 0 aromatic carbocycles. The van der Waals surface area contributed by atoms with E-state index < -0.39 is 0 Å². The number of aliphatic imine (C=N–C) groups is 1. The summed E-state index contributed by atoms with van der Waals surface area (Å²) in [6.07, 6.45) is 15.7. The van der Waals surface area contributed by atoms with Crippen molar-refractivity contribution in [3.05, 3.63) is 47.3 Å². The molecule has 0 spiro atoms. The van der Waals surface area contributed by atoms with Gasteiger partial charge in [0.25, 0.3) is 0 Å². The molecule has 0 aromatic heterocycles. The van der Waals surface area contributed by atoms with Gasteiger partial charge in [0.2, 0.25) is 0 Å². The lowest BCUT2D eigenvalue weighted by Gasteiger charge is -2.29. The van der Waals surface area contributed by atoms with Gasteiger partial charge in [-0.2, -0.15) is 0 Å². The van der Waals surface area contributed by atoms with E-state index in [2.05, 4.69) is 63.7 Å². The van der Waals surface area contributed by atoms with E-state index in [0.717, 1.165) is 25.0 Å². The van der Waals surface area contributed by atoms with Crippen LogP contribution in [-0.4, -0.2) is 12.3 Å². The smallest absolute Gasteiger partial charge is 0.0882 e. The second-order valence-electron chi connectivity index (χ2n) is 8.25. The van der Waals surface area contributed by atoms with Crippen molar-refractivity contribution < 1.29 is 1.43 Å². The molecule has 0 aliphatic heterocycles. The van der Waals surface area contributed by atoms with Crippen molar-refractivity contribution in [1.82, 2.24) is 5.32 Å². The average molecular weight is 345 g/mol. The zero-order valence-electron chi connectivity index (χ0n) is 17.3. The topological polar surface area (TPSA) is 24.4 Å². The molecule has 2 nitrogen and oxygen atoms in total. The predicted molar refractivity (Wildman–Crippen MR) is 115 cm³/mol. The van der Waals surface area contributed by atoms with Gasteiger partial charge in [-0.3, -0.25) is 4.99 Å². The second-order valence-corrected chi connectivity index (χ2v) is 8.25. The summed E-state index contributed by atoms with van der Waals surface area (Å²) in [6.45, 7) is 16.6. The normalized spacial score (nSPS) is 18.6. The Kier molecular flexibility index (Phi) is 8.96. The van der Waals surface area contributed by atoms with E-state index in [4.69, 9.17) is 0 Å². The summed E-state index contributed by atoms with van der Waals surface area (Å²) in [7, 11) is 0. The summed E-state index contributed by atoms with van der Waals surface area (Å²) >= 11 is 0. The van der Waals surface area contributed by atoms with Gasteiger partial charge in [-0.1, -0.05) is 51.5 Å². The zero-order chi connectivity index (χ0) is 18.9. The van der Waals surface area contributed by atoms with Crippen molar-refractivity contribution in [3.63, 3.8) is 0 Å². The van der Waals surface area contributed by atoms with Crippen LogP contribution < -0.4 is 5.32 Å². The van der Waals surface area contributed by atoms with E-state index >= 15 is 0 Å². The van der Waals surface area contributed by atoms with Crippen molar-refractivity contribution in [3.8, 4) is 0 Å². The van der Waals surface area contributed by atoms with Crippen molar-refractivity contribution >= 4 is 6.21 Å². The minimum Gasteiger partial charge on any atom is -0.381 e. The van der Waals surface area contributed by atoms with Gasteiger partial charge in [-0.05, 0) is 63.4 Å². The monoisotopic (exact) mass is 344 g/mol. The molecule has 1 fully saturated rings. The number of hydrogen-bond donors (Lipinski definition) is 1. The third-order valence-corrected chi connectivity index (χ3v) is 4.39. The Balaban J connectivity index is 0.00000113. The maximum Gasteiger partial charge on any atom is 0.0882 e. The Morgan fingerprint density at radius 3 is 2.44 bits per heavy atom. The molecule has 0 bridgehead atoms. The molecule has 0 radical (unpaired) electrons. The van der Waals surface area contributed by atoms with Crippen LogP contribution in [0.3, 0.4) is 0 Å². The minimum atomic E-state index is 0. The fourth-order valence-electron chi connectivity index (χ4n) is 2.98. The van der Waals surface area contributed by atoms with Crippen LogP contribution in [-0.2, 0) is 0 Å². The molecule has 142 valence electrons. The maximum absolute atomic E-state index is 4.63. The average Bonchev–Trinajstić information content (AvgIpc) is 2.62. The Labute approximate surface area is 157 Å². The lowest BCUT2D eigenvalue weighted by Crippen LogP contribution is -2.35. The molecule has 2 heteroatoms. The van der Waals surface area contributed by atoms with Crippen molar-refractivity contribution in [2.24, 2.45) is 10.4 Å². The standard InChI is InChI=1S/C19H30N2.C4H8.H2/c1-6-20-18-14(2)12-15(13-19(3,4)5)10-11-17(18)21-16-8-7-9-16;1-3-4-2;/h6,11-12,16,21H,7-10,13H2,1-5H3;3H,1,4H2,2H3;1H. The number of allylic oxidation sites excluding steroid dienone is 5. The molecule has 1 N–H and O–H groups in total. The Morgan fingerprint density at radius 1 is 1.36 bits per heavy atom. The predicted octanol–water partition coefficient (Wildman–Crippen LogP) is 6.97. The van der Waals surface area contributed by atoms with Crippen molar-refractivity contribution in [2.45, 2.75) is 86.1 Å². The number of rotatable bonds is 5. The molecule has 0 aromatic rings. The Hall–Kier alpha value is -1.57. The van der Waals surface area contributed by atoms with E-state index in [1.165, 1.54) is 36.1 Å². The molecule has 2 aliphatic rings. The molecule has 2 rings (SSSR count). The highest BCUT2D eigenvalue weighted by atomic mass is 15.0. The largest absolute Gasteiger partial charge is 0.381 e. The summed E-state index contributed by atoms with van der Waals surface area (Å²) in [5.41, 5.74) is 5.47. The first-order valence-electron chi connectivity index (χ1n) is 9.77. The van der Waals surface area contributed by atoms with Crippen molar-refractivity contribution in [1.29, 1.82) is 0 Å². The van der Waals surface area contributed by atoms with Crippen LogP contribution in [0.15, 0.2) is 52.3 Å². The minimum absolute atomic E-state index is 0. The molecule has 0 heterocycles. The van der Waals surface area contributed by atoms with E-state index in [9.17, 15) is 0 Å². The quantitative estimate of drug-likeness (QED) is 0.422. The lowest BCUT2D eigenvalue weighted by molar-refractivity contribution is 0.365. The number of nitrogens with zero attached hydrogens (tertiary/aromatic N) is 1. The fourth-order valence-corrected chi connectivity index (χ4v) is 2.98. The molecular weight excluding hydrogens is 304 g/mol. The molecule has 0 unspecified atom stereocenters. The van der Waals surface area contributed by atoms with Crippen LogP contribution in [0, 0.1) is 5.41 Å². The Bertz CT molecular complexity index is 555. The molecule has 0 atom stereocenters. The van der Waals surface area contributed by atoms with E-state index in [1.807, 2.05) is 19.2 Å². The molecule has 2 aliphatic carbocycles. The van der Waals surface area contributed by atoms with Gasteiger partial charge in [0.15, 0.2) is 0 Å². The molecule has 0 amide bonds. The number of nitrogens with one attached hydrogen (secondary N) is 1. The lowest BCUT2D eigenvalue weighted by atomic mass is 9.86. The number of hydrogen-bond acceptors (Lipinski definition) is 2. The third kappa shape index (κ3) is 7.90. The summed E-state index contributed by atoms with van der Waals surface area (Å²) in [5, 5.41) is 3.70. The van der Waals surface area contributed by atoms with E-state index in [-0.39, 0.29) is 1.43 Å². The zero-order valence-corrected chi connectivity index (χ0v) is 17.3. The first kappa shape index (κ1) is 21.5. The van der Waals surface area contributed by atoms with Crippen LogP contribution in [0.4, 0.5) is 0 Å². The molecule has 25 heavy (non-hydrogen) atoms. The van der Waals surface area contributed by atoms with Gasteiger partial charge >= 0.3 is 0 Å². The first-order chi connectivity index (χ1) is 11.8. The summed E-state index contributed by atoms with van der Waals surface area (Å²) in [4.78, 5) is 4.63. The van der Waals surface area contributed by atoms with Crippen LogP contribution in [0.25, 0.3) is 0 Å². The maximum atomic E-state index is 4.63. The highest BCUT2D eigenvalue weighted by molar-refractivity contribution is 5.58. The Morgan fingerprint density at radius 2 is 2.00 bits per heavy atom. The van der Waals surface area contributed by atoms with Crippen molar-refractivity contribution in [2.75, 3.05) is 0 Å². The van der Waals surface area contributed by atoms with Gasteiger partial charge in [-0.25, -0.2) is 0 Å².